The average Bonchev–Trinajstić information content (AvgIpc) is 2.93. The van der Waals surface area contributed by atoms with Crippen molar-refractivity contribution in [2.45, 2.75) is 6.85 Å². The minimum absolute atomic E-state index is 0.0754. The number of rotatable bonds is 0. The summed E-state index contributed by atoms with van der Waals surface area (Å²) in [6.45, 7) is -15.2. The molecule has 0 unspecified atom stereocenters. The Balaban J connectivity index is 2.10. The molecule has 2 aliphatic heterocycles. The third kappa shape index (κ3) is 2.40. The van der Waals surface area contributed by atoms with Crippen molar-refractivity contribution >= 4 is 33.5 Å². The molecule has 2 aliphatic rings. The van der Waals surface area contributed by atoms with Crippen molar-refractivity contribution in [2.75, 3.05) is 38.4 Å². The number of hydrogen-bond acceptors (Lipinski definition) is 5. The summed E-state index contributed by atoms with van der Waals surface area (Å²) < 4.78 is 99.5. The number of fused-ring (bicyclic) bond motifs is 2. The second-order valence-corrected chi connectivity index (χ2v) is 5.70. The van der Waals surface area contributed by atoms with Gasteiger partial charge in [-0.3, -0.25) is 0 Å². The highest BCUT2D eigenvalue weighted by atomic mass is 32.1. The first-order valence-electron chi connectivity index (χ1n) is 12.5. The Bertz CT molecular complexity index is 1160. The number of hydrogen-bond donors (Lipinski definition) is 1. The standard InChI is InChI=1S/C17H20N4S/c1-12-11-13-16(21-9-7-20(2)8-10-21)18-14-5-3-4-6-15(14)19-17(13)22-12/h3-6,11,19H,7-10H2,1-2H3/i1D3,7D2,8D2,9D2,10D2,11D. The fourth-order valence-corrected chi connectivity index (χ4v) is 2.90. The third-order valence-electron chi connectivity index (χ3n) is 3.14. The summed E-state index contributed by atoms with van der Waals surface area (Å²) in [4.78, 5) is 4.62. The number of benzene rings is 1. The number of anilines is 2. The van der Waals surface area contributed by atoms with E-state index in [9.17, 15) is 0 Å². The molecule has 114 valence electrons. The topological polar surface area (TPSA) is 30.9 Å². The molecule has 4 nitrogen and oxygen atoms in total. The van der Waals surface area contributed by atoms with Crippen molar-refractivity contribution in [1.29, 1.82) is 0 Å². The van der Waals surface area contributed by atoms with Crippen LogP contribution in [0.25, 0.3) is 0 Å². The van der Waals surface area contributed by atoms with Gasteiger partial charge in [0.15, 0.2) is 0 Å². The number of amidine groups is 1. The second kappa shape index (κ2) is 5.41. The molecule has 0 spiro atoms. The Morgan fingerprint density at radius 1 is 1.32 bits per heavy atom. The first kappa shape index (κ1) is 5.98. The van der Waals surface area contributed by atoms with E-state index in [1.54, 1.807) is 18.2 Å². The molecule has 1 saturated heterocycles. The number of thiophene rings is 1. The van der Waals surface area contributed by atoms with Crippen LogP contribution in [0.4, 0.5) is 16.4 Å². The van der Waals surface area contributed by atoms with Gasteiger partial charge >= 0.3 is 0 Å². The smallest absolute Gasteiger partial charge is 0.139 e. The van der Waals surface area contributed by atoms with E-state index in [0.717, 1.165) is 7.05 Å². The number of para-hydroxylation sites is 2. The quantitative estimate of drug-likeness (QED) is 0.805. The summed E-state index contributed by atoms with van der Waals surface area (Å²) in [5.41, 5.74) is 0.317. The van der Waals surface area contributed by atoms with Gasteiger partial charge in [-0.05, 0) is 32.1 Å². The highest BCUT2D eigenvalue weighted by Gasteiger charge is 2.25. The van der Waals surface area contributed by atoms with Gasteiger partial charge in [0.25, 0.3) is 0 Å². The maximum absolute atomic E-state index is 8.58. The summed E-state index contributed by atoms with van der Waals surface area (Å²) in [5, 5.41) is 3.05. The largest absolute Gasteiger partial charge is 0.353 e. The molecular formula is C17H20N4S. The van der Waals surface area contributed by atoms with Gasteiger partial charge in [-0.1, -0.05) is 12.1 Å². The monoisotopic (exact) mass is 324 g/mol. The molecule has 5 heteroatoms. The number of nitrogens with one attached hydrogen (secondary N) is 1. The molecule has 1 N–H and O–H groups in total. The lowest BCUT2D eigenvalue weighted by molar-refractivity contribution is 0.216. The lowest BCUT2D eigenvalue weighted by Gasteiger charge is -2.34. The van der Waals surface area contributed by atoms with Crippen molar-refractivity contribution in [3.63, 3.8) is 0 Å². The third-order valence-corrected chi connectivity index (χ3v) is 3.96. The van der Waals surface area contributed by atoms with E-state index in [2.05, 4.69) is 10.3 Å². The van der Waals surface area contributed by atoms with E-state index in [0.29, 0.717) is 21.9 Å². The average molecular weight is 325 g/mol. The number of piperazine rings is 1. The molecule has 3 heterocycles. The fourth-order valence-electron chi connectivity index (χ4n) is 2.14. The summed E-state index contributed by atoms with van der Waals surface area (Å²) in [5.74, 6) is -0.583. The molecule has 2 aromatic rings. The Morgan fingerprint density at radius 2 is 2.14 bits per heavy atom. The zero-order valence-electron chi connectivity index (χ0n) is 23.6. The fraction of sp³-hybridized carbons (Fsp3) is 0.353. The Hall–Kier alpha value is -1.85. The van der Waals surface area contributed by atoms with Crippen LogP contribution in [0.5, 0.6) is 0 Å². The van der Waals surface area contributed by atoms with E-state index >= 15 is 0 Å². The molecule has 0 bridgehead atoms. The van der Waals surface area contributed by atoms with Crippen LogP contribution < -0.4 is 5.32 Å². The molecular weight excluding hydrogens is 292 g/mol. The molecule has 1 aromatic carbocycles. The Morgan fingerprint density at radius 3 is 2.95 bits per heavy atom. The van der Waals surface area contributed by atoms with Gasteiger partial charge in [0, 0.05) is 40.5 Å². The zero-order chi connectivity index (χ0) is 25.6. The van der Waals surface area contributed by atoms with Crippen molar-refractivity contribution in [3.8, 4) is 0 Å². The number of likely N-dealkylation sites (N-methyl/N-ethyl adjacent to an activating group) is 1. The normalized spacial score (nSPS) is 35.9. The molecule has 0 aliphatic carbocycles. The van der Waals surface area contributed by atoms with Crippen LogP contribution in [-0.2, 0) is 0 Å². The molecule has 0 saturated carbocycles. The first-order valence-corrected chi connectivity index (χ1v) is 7.31. The Labute approximate surface area is 151 Å². The summed E-state index contributed by atoms with van der Waals surface area (Å²) >= 11 is 0.703. The van der Waals surface area contributed by atoms with Gasteiger partial charge in [0.05, 0.1) is 23.8 Å². The van der Waals surface area contributed by atoms with Crippen LogP contribution in [0.15, 0.2) is 35.3 Å². The van der Waals surface area contributed by atoms with Crippen molar-refractivity contribution < 1.29 is 16.4 Å². The van der Waals surface area contributed by atoms with E-state index in [4.69, 9.17) is 16.4 Å². The van der Waals surface area contributed by atoms with E-state index < -0.39 is 44.7 Å². The minimum Gasteiger partial charge on any atom is -0.353 e. The molecule has 0 amide bonds. The van der Waals surface area contributed by atoms with Crippen molar-refractivity contribution in [2.24, 2.45) is 4.99 Å². The zero-order valence-corrected chi connectivity index (χ0v) is 12.4. The van der Waals surface area contributed by atoms with Crippen LogP contribution >= 0.6 is 11.3 Å². The predicted octanol–water partition coefficient (Wildman–Crippen LogP) is 3.44. The van der Waals surface area contributed by atoms with Crippen molar-refractivity contribution in [1.82, 2.24) is 9.80 Å². The van der Waals surface area contributed by atoms with Gasteiger partial charge in [0.1, 0.15) is 10.8 Å². The van der Waals surface area contributed by atoms with E-state index in [-0.39, 0.29) is 26.0 Å². The number of nitrogens with zero attached hydrogens (tertiary/aromatic N) is 3. The van der Waals surface area contributed by atoms with Crippen LogP contribution in [-0.4, -0.2) is 48.7 Å². The highest BCUT2D eigenvalue weighted by Crippen LogP contribution is 2.39. The van der Waals surface area contributed by atoms with Crippen LogP contribution in [0, 0.1) is 6.85 Å². The molecule has 0 radical (unpaired) electrons. The maximum atomic E-state index is 8.58. The van der Waals surface area contributed by atoms with Crippen LogP contribution in [0.1, 0.15) is 26.9 Å². The molecule has 22 heavy (non-hydrogen) atoms. The lowest BCUT2D eigenvalue weighted by Crippen LogP contribution is -2.47. The number of aliphatic imine (C=N–C) groups is 1. The van der Waals surface area contributed by atoms with Gasteiger partial charge < -0.3 is 15.1 Å². The van der Waals surface area contributed by atoms with E-state index in [1.807, 2.05) is 0 Å². The van der Waals surface area contributed by atoms with E-state index in [1.165, 1.54) is 6.07 Å². The summed E-state index contributed by atoms with van der Waals surface area (Å²) in [7, 11) is 0.942. The van der Waals surface area contributed by atoms with Gasteiger partial charge in [-0.25, -0.2) is 4.99 Å². The second-order valence-electron chi connectivity index (χ2n) is 4.68. The molecule has 0 atom stereocenters. The minimum atomic E-state index is -3.19. The number of aryl methyl sites for hydroxylation is 1. The Kier molecular flexibility index (Phi) is 1.47. The van der Waals surface area contributed by atoms with Gasteiger partial charge in [-0.2, -0.15) is 0 Å². The maximum Gasteiger partial charge on any atom is 0.139 e. The lowest BCUT2D eigenvalue weighted by atomic mass is 10.2. The van der Waals surface area contributed by atoms with Crippen molar-refractivity contribution in [3.05, 3.63) is 40.7 Å². The summed E-state index contributed by atoms with van der Waals surface area (Å²) in [6.07, 6.45) is 0. The summed E-state index contributed by atoms with van der Waals surface area (Å²) in [6, 6.07) is 5.86. The highest BCUT2D eigenvalue weighted by molar-refractivity contribution is 7.16. The SMILES string of the molecule is [2H]c1c(C([2H])([2H])[2H])sc2c1C(N1C([2H])([2H])C([2H])([2H])N(C)C([2H])([2H])C1([2H])[2H])=Nc1ccccc1N2. The molecule has 4 rings (SSSR count). The molecule has 1 aromatic heterocycles. The first-order chi connectivity index (χ1) is 15.4. The van der Waals surface area contributed by atoms with Crippen LogP contribution in [0.3, 0.4) is 0 Å². The van der Waals surface area contributed by atoms with Gasteiger partial charge in [0.2, 0.25) is 0 Å². The van der Waals surface area contributed by atoms with Crippen LogP contribution in [0.2, 0.25) is 0 Å². The predicted molar refractivity (Wildman–Crippen MR) is 94.0 cm³/mol. The molecule has 1 fully saturated rings. The van der Waals surface area contributed by atoms with Gasteiger partial charge in [-0.15, -0.1) is 11.3 Å².